The molecule has 6 atom stereocenters. The third kappa shape index (κ3) is 4.68. The Morgan fingerprint density at radius 2 is 2.04 bits per heavy atom. The van der Waals surface area contributed by atoms with E-state index in [0.717, 1.165) is 6.42 Å². The molecule has 0 radical (unpaired) electrons. The van der Waals surface area contributed by atoms with E-state index < -0.39 is 5.60 Å². The van der Waals surface area contributed by atoms with Gasteiger partial charge in [0, 0.05) is 5.92 Å². The van der Waals surface area contributed by atoms with Crippen LogP contribution in [0.5, 0.6) is 0 Å². The molecule has 0 spiro atoms. The highest BCUT2D eigenvalue weighted by Gasteiger charge is 2.39. The third-order valence-corrected chi connectivity index (χ3v) is 5.61. The van der Waals surface area contributed by atoms with Crippen molar-refractivity contribution in [3.05, 3.63) is 23.8 Å². The highest BCUT2D eigenvalue weighted by atomic mass is 16.7. The number of rotatable bonds is 7. The van der Waals surface area contributed by atoms with Gasteiger partial charge in [-0.25, -0.2) is 0 Å². The summed E-state index contributed by atoms with van der Waals surface area (Å²) in [4.78, 5) is 0. The van der Waals surface area contributed by atoms with E-state index in [9.17, 15) is 5.11 Å². The van der Waals surface area contributed by atoms with Gasteiger partial charge in [0.1, 0.15) is 6.79 Å². The van der Waals surface area contributed by atoms with Crippen LogP contribution in [-0.2, 0) is 9.47 Å². The first-order chi connectivity index (χ1) is 10.9. The normalized spacial score (nSPS) is 36.3. The zero-order valence-electron chi connectivity index (χ0n) is 15.4. The maximum atomic E-state index is 10.0. The molecule has 0 bridgehead atoms. The van der Waals surface area contributed by atoms with Crippen molar-refractivity contribution >= 4 is 0 Å². The number of allylic oxidation sites excluding steroid dienone is 3. The summed E-state index contributed by atoms with van der Waals surface area (Å²) in [6.45, 7) is 11.2. The number of hydrogen-bond donors (Lipinski definition) is 1. The van der Waals surface area contributed by atoms with E-state index in [-0.39, 0.29) is 12.9 Å². The lowest BCUT2D eigenvalue weighted by Crippen LogP contribution is -2.40. The highest BCUT2D eigenvalue weighted by Crippen LogP contribution is 2.43. The molecule has 0 aromatic rings. The SMILES string of the molecule is CC[C@H]1C(C)C=CC2=C[C@H](C)C[C@H](OCOC[C@](C)(O)CC)C21. The van der Waals surface area contributed by atoms with Crippen LogP contribution in [0.25, 0.3) is 0 Å². The minimum Gasteiger partial charge on any atom is -0.388 e. The van der Waals surface area contributed by atoms with Crippen molar-refractivity contribution in [2.24, 2.45) is 23.7 Å². The molecule has 2 aliphatic rings. The van der Waals surface area contributed by atoms with Crippen molar-refractivity contribution in [1.29, 1.82) is 0 Å². The van der Waals surface area contributed by atoms with Crippen molar-refractivity contribution < 1.29 is 14.6 Å². The molecule has 0 fully saturated rings. The Labute approximate surface area is 141 Å². The van der Waals surface area contributed by atoms with Crippen LogP contribution in [0.15, 0.2) is 23.8 Å². The first kappa shape index (κ1) is 18.7. The smallest absolute Gasteiger partial charge is 0.147 e. The Morgan fingerprint density at radius 3 is 2.70 bits per heavy atom. The van der Waals surface area contributed by atoms with Crippen molar-refractivity contribution in [3.8, 4) is 0 Å². The monoisotopic (exact) mass is 322 g/mol. The molecule has 2 rings (SSSR count). The lowest BCUT2D eigenvalue weighted by molar-refractivity contribution is -0.145. The Bertz CT molecular complexity index is 438. The highest BCUT2D eigenvalue weighted by molar-refractivity contribution is 5.31. The van der Waals surface area contributed by atoms with Crippen LogP contribution in [0.1, 0.15) is 53.9 Å². The van der Waals surface area contributed by atoms with Gasteiger partial charge in [-0.15, -0.1) is 0 Å². The van der Waals surface area contributed by atoms with E-state index in [0.29, 0.717) is 36.7 Å². The van der Waals surface area contributed by atoms with Gasteiger partial charge in [0.15, 0.2) is 0 Å². The third-order valence-electron chi connectivity index (χ3n) is 5.61. The maximum absolute atomic E-state index is 10.0. The van der Waals surface area contributed by atoms with Crippen LogP contribution < -0.4 is 0 Å². The van der Waals surface area contributed by atoms with Gasteiger partial charge in [-0.3, -0.25) is 0 Å². The van der Waals surface area contributed by atoms with E-state index in [1.165, 1.54) is 12.0 Å². The summed E-state index contributed by atoms with van der Waals surface area (Å²) >= 11 is 0. The number of aliphatic hydroxyl groups is 1. The van der Waals surface area contributed by atoms with Gasteiger partial charge in [0.2, 0.25) is 0 Å². The molecule has 0 aromatic heterocycles. The van der Waals surface area contributed by atoms with E-state index in [1.54, 1.807) is 6.92 Å². The Kier molecular flexibility index (Phi) is 6.47. The van der Waals surface area contributed by atoms with Crippen LogP contribution >= 0.6 is 0 Å². The molecular formula is C20H34O3. The Morgan fingerprint density at radius 1 is 1.30 bits per heavy atom. The van der Waals surface area contributed by atoms with Gasteiger partial charge >= 0.3 is 0 Å². The summed E-state index contributed by atoms with van der Waals surface area (Å²) in [7, 11) is 0. The lowest BCUT2D eigenvalue weighted by atomic mass is 9.66. The van der Waals surface area contributed by atoms with E-state index in [2.05, 4.69) is 39.0 Å². The minimum atomic E-state index is -0.762. The van der Waals surface area contributed by atoms with Crippen LogP contribution in [0, 0.1) is 23.7 Å². The summed E-state index contributed by atoms with van der Waals surface area (Å²) in [6.07, 6.45) is 10.2. The molecular weight excluding hydrogens is 288 g/mol. The molecule has 0 aliphatic heterocycles. The minimum absolute atomic E-state index is 0.217. The Hall–Kier alpha value is -0.640. The summed E-state index contributed by atoms with van der Waals surface area (Å²) < 4.78 is 11.7. The van der Waals surface area contributed by atoms with Crippen molar-refractivity contribution in [2.45, 2.75) is 65.6 Å². The predicted octanol–water partition coefficient (Wildman–Crippen LogP) is 4.32. The van der Waals surface area contributed by atoms with Crippen LogP contribution in [0.3, 0.4) is 0 Å². The van der Waals surface area contributed by atoms with Crippen LogP contribution in [-0.4, -0.2) is 30.2 Å². The number of hydrogen-bond acceptors (Lipinski definition) is 3. The summed E-state index contributed by atoms with van der Waals surface area (Å²) in [5.74, 6) is 2.26. The van der Waals surface area contributed by atoms with Crippen LogP contribution in [0.4, 0.5) is 0 Å². The van der Waals surface area contributed by atoms with Gasteiger partial charge in [0.05, 0.1) is 18.3 Å². The van der Waals surface area contributed by atoms with E-state index in [1.807, 2.05) is 6.92 Å². The van der Waals surface area contributed by atoms with E-state index >= 15 is 0 Å². The predicted molar refractivity (Wildman–Crippen MR) is 94.0 cm³/mol. The second-order valence-electron chi connectivity index (χ2n) is 7.72. The number of fused-ring (bicyclic) bond motifs is 1. The number of ether oxygens (including phenoxy) is 2. The first-order valence-corrected chi connectivity index (χ1v) is 9.19. The van der Waals surface area contributed by atoms with Crippen LogP contribution in [0.2, 0.25) is 0 Å². The molecule has 0 heterocycles. The zero-order valence-corrected chi connectivity index (χ0v) is 15.4. The summed E-state index contributed by atoms with van der Waals surface area (Å²) in [6, 6.07) is 0. The standard InChI is InChI=1S/C20H34O3/c1-6-17-15(4)8-9-16-10-14(3)11-18(19(16)17)23-13-22-12-20(5,21)7-2/h8-10,14-15,17-19,21H,6-7,11-13H2,1-5H3/t14-,15?,17-,18-,19?,20+/m0/s1. The fourth-order valence-corrected chi connectivity index (χ4v) is 3.95. The summed E-state index contributed by atoms with van der Waals surface area (Å²) in [5, 5.41) is 10.0. The first-order valence-electron chi connectivity index (χ1n) is 9.19. The molecule has 0 amide bonds. The largest absolute Gasteiger partial charge is 0.388 e. The topological polar surface area (TPSA) is 38.7 Å². The molecule has 3 nitrogen and oxygen atoms in total. The molecule has 132 valence electrons. The van der Waals surface area contributed by atoms with E-state index in [4.69, 9.17) is 9.47 Å². The lowest BCUT2D eigenvalue weighted by Gasteiger charge is -2.43. The average molecular weight is 322 g/mol. The molecule has 0 saturated heterocycles. The molecule has 1 N–H and O–H groups in total. The van der Waals surface area contributed by atoms with Gasteiger partial charge in [-0.05, 0) is 43.1 Å². The molecule has 0 saturated carbocycles. The summed E-state index contributed by atoms with van der Waals surface area (Å²) in [5.41, 5.74) is 0.682. The molecule has 2 unspecified atom stereocenters. The van der Waals surface area contributed by atoms with Crippen molar-refractivity contribution in [1.82, 2.24) is 0 Å². The Balaban J connectivity index is 1.98. The second kappa shape index (κ2) is 7.96. The van der Waals surface area contributed by atoms with Crippen molar-refractivity contribution in [2.75, 3.05) is 13.4 Å². The molecule has 2 aliphatic carbocycles. The molecule has 0 aromatic carbocycles. The van der Waals surface area contributed by atoms with Gasteiger partial charge < -0.3 is 14.6 Å². The average Bonchev–Trinajstić information content (AvgIpc) is 2.51. The second-order valence-corrected chi connectivity index (χ2v) is 7.72. The fraction of sp³-hybridized carbons (Fsp3) is 0.800. The molecule has 3 heteroatoms. The van der Waals surface area contributed by atoms with Gasteiger partial charge in [-0.1, -0.05) is 52.3 Å². The quantitative estimate of drug-likeness (QED) is 0.560. The van der Waals surface area contributed by atoms with Gasteiger partial charge in [0.25, 0.3) is 0 Å². The van der Waals surface area contributed by atoms with Crippen molar-refractivity contribution in [3.63, 3.8) is 0 Å². The molecule has 23 heavy (non-hydrogen) atoms. The maximum Gasteiger partial charge on any atom is 0.147 e. The zero-order chi connectivity index (χ0) is 17.0. The fourth-order valence-electron chi connectivity index (χ4n) is 3.95. The van der Waals surface area contributed by atoms with Gasteiger partial charge in [-0.2, -0.15) is 0 Å².